The van der Waals surface area contributed by atoms with E-state index >= 15 is 0 Å². The standard InChI is InChI=1S/C18H26N6O5/c1-18(2,5-12(27)28)4-11(26)20-6-9-3-10(25)14(15(9)29)24-8-23-13-16(19)21-7-22-17(13)24/h7-10,14-15,25,29H,3-6H2,1-2H3,(H,20,26)(H,27,28)(H2,19,21,22)/t9-,10-,14+,15+/m0/s1. The van der Waals surface area contributed by atoms with Gasteiger partial charge in [0.2, 0.25) is 5.91 Å². The van der Waals surface area contributed by atoms with Crippen LogP contribution in [-0.2, 0) is 9.59 Å². The van der Waals surface area contributed by atoms with E-state index in [0.29, 0.717) is 11.2 Å². The molecule has 0 spiro atoms. The van der Waals surface area contributed by atoms with Crippen LogP contribution in [0.4, 0.5) is 5.82 Å². The number of imidazole rings is 1. The lowest BCUT2D eigenvalue weighted by molar-refractivity contribution is -0.139. The Morgan fingerprint density at radius 1 is 1.28 bits per heavy atom. The molecule has 1 aliphatic carbocycles. The first-order valence-electron chi connectivity index (χ1n) is 9.36. The van der Waals surface area contributed by atoms with Crippen molar-refractivity contribution >= 4 is 28.9 Å². The first-order chi connectivity index (χ1) is 13.6. The van der Waals surface area contributed by atoms with E-state index < -0.39 is 29.6 Å². The van der Waals surface area contributed by atoms with Crippen LogP contribution in [0.2, 0.25) is 0 Å². The normalized spacial score (nSPS) is 24.7. The van der Waals surface area contributed by atoms with E-state index in [2.05, 4.69) is 20.3 Å². The highest BCUT2D eigenvalue weighted by Crippen LogP contribution is 2.37. The molecule has 158 valence electrons. The number of nitrogens with zero attached hydrogens (tertiary/aromatic N) is 4. The summed E-state index contributed by atoms with van der Waals surface area (Å²) in [6.45, 7) is 3.59. The third-order valence-corrected chi connectivity index (χ3v) is 5.31. The Labute approximate surface area is 167 Å². The molecule has 6 N–H and O–H groups in total. The van der Waals surface area contributed by atoms with Crippen molar-refractivity contribution in [1.82, 2.24) is 24.8 Å². The molecule has 1 amide bonds. The van der Waals surface area contributed by atoms with Crippen LogP contribution in [0.25, 0.3) is 11.2 Å². The molecule has 0 radical (unpaired) electrons. The minimum Gasteiger partial charge on any atom is -0.481 e. The van der Waals surface area contributed by atoms with Gasteiger partial charge in [0.1, 0.15) is 11.8 Å². The molecule has 29 heavy (non-hydrogen) atoms. The van der Waals surface area contributed by atoms with Gasteiger partial charge in [-0.25, -0.2) is 15.0 Å². The van der Waals surface area contributed by atoms with Crippen LogP contribution in [0.5, 0.6) is 0 Å². The highest BCUT2D eigenvalue weighted by Gasteiger charge is 2.43. The van der Waals surface area contributed by atoms with Crippen molar-refractivity contribution in [1.29, 1.82) is 0 Å². The van der Waals surface area contributed by atoms with Gasteiger partial charge in [-0.05, 0) is 11.8 Å². The van der Waals surface area contributed by atoms with Crippen LogP contribution >= 0.6 is 0 Å². The van der Waals surface area contributed by atoms with Crippen molar-refractivity contribution in [3.05, 3.63) is 12.7 Å². The fraction of sp³-hybridized carbons (Fsp3) is 0.611. The monoisotopic (exact) mass is 406 g/mol. The number of aliphatic carboxylic acids is 1. The Kier molecular flexibility index (Phi) is 5.71. The maximum Gasteiger partial charge on any atom is 0.303 e. The third kappa shape index (κ3) is 4.46. The summed E-state index contributed by atoms with van der Waals surface area (Å²) < 4.78 is 1.58. The van der Waals surface area contributed by atoms with Crippen LogP contribution in [0.15, 0.2) is 12.7 Å². The van der Waals surface area contributed by atoms with Crippen molar-refractivity contribution in [3.63, 3.8) is 0 Å². The van der Waals surface area contributed by atoms with Crippen molar-refractivity contribution < 1.29 is 24.9 Å². The topological polar surface area (TPSA) is 176 Å². The zero-order valence-corrected chi connectivity index (χ0v) is 16.3. The second kappa shape index (κ2) is 7.91. The van der Waals surface area contributed by atoms with Gasteiger partial charge in [-0.3, -0.25) is 9.59 Å². The van der Waals surface area contributed by atoms with Crippen LogP contribution in [-0.4, -0.2) is 65.5 Å². The summed E-state index contributed by atoms with van der Waals surface area (Å²) in [7, 11) is 0. The second-order valence-corrected chi connectivity index (χ2v) is 8.34. The second-order valence-electron chi connectivity index (χ2n) is 8.34. The van der Waals surface area contributed by atoms with Crippen LogP contribution in [0.1, 0.15) is 39.2 Å². The van der Waals surface area contributed by atoms with E-state index in [1.54, 1.807) is 18.4 Å². The molecule has 1 fully saturated rings. The first-order valence-corrected chi connectivity index (χ1v) is 9.36. The zero-order chi connectivity index (χ0) is 21.3. The number of fused-ring (bicyclic) bond motifs is 1. The molecule has 2 aromatic heterocycles. The molecule has 11 heteroatoms. The molecular formula is C18H26N6O5. The molecule has 2 heterocycles. The first kappa shape index (κ1) is 20.9. The zero-order valence-electron chi connectivity index (χ0n) is 16.3. The molecule has 1 aliphatic rings. The van der Waals surface area contributed by atoms with Gasteiger partial charge >= 0.3 is 5.97 Å². The van der Waals surface area contributed by atoms with Crippen molar-refractivity contribution in [2.45, 2.75) is 51.4 Å². The Morgan fingerprint density at radius 2 is 2.00 bits per heavy atom. The maximum absolute atomic E-state index is 12.2. The van der Waals surface area contributed by atoms with Crippen LogP contribution in [0.3, 0.4) is 0 Å². The van der Waals surface area contributed by atoms with Crippen molar-refractivity contribution in [2.75, 3.05) is 12.3 Å². The molecule has 0 unspecified atom stereocenters. The number of carboxylic acid groups (broad SMARTS) is 1. The Morgan fingerprint density at radius 3 is 2.69 bits per heavy atom. The number of carbonyl (C=O) groups excluding carboxylic acids is 1. The number of hydrogen-bond acceptors (Lipinski definition) is 8. The number of amides is 1. The molecule has 11 nitrogen and oxygen atoms in total. The van der Waals surface area contributed by atoms with Gasteiger partial charge < -0.3 is 30.9 Å². The number of aliphatic hydroxyl groups is 2. The summed E-state index contributed by atoms with van der Waals surface area (Å²) in [5.41, 5.74) is 5.92. The van der Waals surface area contributed by atoms with E-state index in [-0.39, 0.29) is 43.5 Å². The summed E-state index contributed by atoms with van der Waals surface area (Å²) >= 11 is 0. The lowest BCUT2D eigenvalue weighted by Crippen LogP contribution is -2.36. The van der Waals surface area contributed by atoms with Crippen LogP contribution < -0.4 is 11.1 Å². The predicted octanol–water partition coefficient (Wildman–Crippen LogP) is -0.301. The van der Waals surface area contributed by atoms with Crippen molar-refractivity contribution in [3.8, 4) is 0 Å². The number of aliphatic hydroxyl groups excluding tert-OH is 2. The summed E-state index contributed by atoms with van der Waals surface area (Å²) in [5.74, 6) is -1.42. The SMILES string of the molecule is CC(C)(CC(=O)O)CC(=O)NC[C@@H]1C[C@H](O)[C@@H](n2cnc3c(N)ncnc32)[C@@H]1O. The number of aromatic nitrogens is 4. The lowest BCUT2D eigenvalue weighted by Gasteiger charge is -2.24. The number of rotatable bonds is 7. The Balaban J connectivity index is 1.65. The van der Waals surface area contributed by atoms with Gasteiger partial charge in [-0.2, -0.15) is 0 Å². The molecule has 0 bridgehead atoms. The van der Waals surface area contributed by atoms with E-state index in [1.807, 2.05) is 0 Å². The van der Waals surface area contributed by atoms with E-state index in [9.17, 15) is 19.8 Å². The van der Waals surface area contributed by atoms with Crippen molar-refractivity contribution in [2.24, 2.45) is 11.3 Å². The summed E-state index contributed by atoms with van der Waals surface area (Å²) in [5, 5.41) is 33.0. The average molecular weight is 406 g/mol. The number of anilines is 1. The van der Waals surface area contributed by atoms with E-state index in [4.69, 9.17) is 10.8 Å². The van der Waals surface area contributed by atoms with Gasteiger partial charge in [0.05, 0.1) is 31.0 Å². The number of nitrogens with one attached hydrogen (secondary N) is 1. The van der Waals surface area contributed by atoms with Gasteiger partial charge in [-0.1, -0.05) is 13.8 Å². The number of nitrogens with two attached hydrogens (primary N) is 1. The van der Waals surface area contributed by atoms with E-state index in [0.717, 1.165) is 0 Å². The highest BCUT2D eigenvalue weighted by molar-refractivity contribution is 5.81. The molecule has 0 aliphatic heterocycles. The fourth-order valence-electron chi connectivity index (χ4n) is 3.95. The summed E-state index contributed by atoms with van der Waals surface area (Å²) in [4.78, 5) is 35.3. The molecule has 0 aromatic carbocycles. The largest absolute Gasteiger partial charge is 0.481 e. The highest BCUT2D eigenvalue weighted by atomic mass is 16.4. The minimum absolute atomic E-state index is 0.0520. The quantitative estimate of drug-likeness (QED) is 0.413. The Hall–Kier alpha value is -2.79. The number of hydrogen-bond donors (Lipinski definition) is 5. The van der Waals surface area contributed by atoms with Crippen LogP contribution in [0, 0.1) is 11.3 Å². The third-order valence-electron chi connectivity index (χ3n) is 5.31. The molecule has 0 saturated heterocycles. The molecule has 2 aromatic rings. The smallest absolute Gasteiger partial charge is 0.303 e. The molecular weight excluding hydrogens is 380 g/mol. The fourth-order valence-corrected chi connectivity index (χ4v) is 3.95. The summed E-state index contributed by atoms with van der Waals surface area (Å²) in [6, 6.07) is -0.681. The van der Waals surface area contributed by atoms with Gasteiger partial charge in [0.25, 0.3) is 0 Å². The van der Waals surface area contributed by atoms with Gasteiger partial charge in [0, 0.05) is 18.9 Å². The van der Waals surface area contributed by atoms with E-state index in [1.165, 1.54) is 12.7 Å². The van der Waals surface area contributed by atoms with Gasteiger partial charge in [0.15, 0.2) is 11.5 Å². The molecule has 3 rings (SSSR count). The maximum atomic E-state index is 12.2. The molecule has 4 atom stereocenters. The lowest BCUT2D eigenvalue weighted by atomic mass is 9.85. The number of carbonyl (C=O) groups is 2. The average Bonchev–Trinajstić information content (AvgIpc) is 3.13. The minimum atomic E-state index is -0.961. The number of nitrogen functional groups attached to an aromatic ring is 1. The predicted molar refractivity (Wildman–Crippen MR) is 103 cm³/mol. The van der Waals surface area contributed by atoms with Gasteiger partial charge in [-0.15, -0.1) is 0 Å². The Bertz CT molecular complexity index is 913. The number of carboxylic acids is 1. The molecule has 1 saturated carbocycles. The summed E-state index contributed by atoms with van der Waals surface area (Å²) in [6.07, 6.45) is 1.17.